The van der Waals surface area contributed by atoms with E-state index >= 15 is 0 Å². The van der Waals surface area contributed by atoms with Crippen LogP contribution in [0, 0.1) is 0 Å². The Labute approximate surface area is 118 Å². The maximum atomic E-state index is 12.9. The first-order valence-corrected chi connectivity index (χ1v) is 7.05. The van der Waals surface area contributed by atoms with Gasteiger partial charge in [-0.25, -0.2) is 8.78 Å². The minimum Gasteiger partial charge on any atom is -0.374 e. The molecule has 1 aromatic carbocycles. The molecule has 1 fully saturated rings. The Morgan fingerprint density at radius 3 is 2.90 bits per heavy atom. The Balaban J connectivity index is 2.30. The number of halogens is 2. The van der Waals surface area contributed by atoms with Crippen molar-refractivity contribution in [3.05, 3.63) is 35.4 Å². The summed E-state index contributed by atoms with van der Waals surface area (Å²) in [4.78, 5) is 2.29. The number of morpholine rings is 1. The van der Waals surface area contributed by atoms with Gasteiger partial charge in [0.25, 0.3) is 6.43 Å². The minimum atomic E-state index is -2.43. The number of nitrogens with one attached hydrogen (secondary N) is 1. The molecule has 2 rings (SSSR count). The van der Waals surface area contributed by atoms with Gasteiger partial charge in [0.2, 0.25) is 0 Å². The molecule has 1 aromatic rings. The molecule has 0 bridgehead atoms. The molecule has 1 saturated heterocycles. The minimum absolute atomic E-state index is 0.0124. The number of rotatable bonds is 5. The number of hydrogen-bond acceptors (Lipinski definition) is 3. The van der Waals surface area contributed by atoms with Crippen molar-refractivity contribution in [2.24, 2.45) is 0 Å². The van der Waals surface area contributed by atoms with E-state index in [4.69, 9.17) is 4.74 Å². The van der Waals surface area contributed by atoms with Gasteiger partial charge in [0, 0.05) is 18.7 Å². The third-order valence-corrected chi connectivity index (χ3v) is 3.77. The fourth-order valence-electron chi connectivity index (χ4n) is 2.82. The van der Waals surface area contributed by atoms with Crippen LogP contribution in [0.4, 0.5) is 8.78 Å². The third kappa shape index (κ3) is 3.34. The average Bonchev–Trinajstić information content (AvgIpc) is 2.47. The van der Waals surface area contributed by atoms with E-state index in [1.165, 1.54) is 6.07 Å². The predicted molar refractivity (Wildman–Crippen MR) is 75.1 cm³/mol. The molecule has 2 unspecified atom stereocenters. The Kier molecular flexibility index (Phi) is 5.46. The van der Waals surface area contributed by atoms with Gasteiger partial charge in [0.1, 0.15) is 0 Å². The molecule has 1 N–H and O–H groups in total. The van der Waals surface area contributed by atoms with Gasteiger partial charge in [0.15, 0.2) is 0 Å². The molecule has 0 radical (unpaired) electrons. The third-order valence-electron chi connectivity index (χ3n) is 3.77. The highest BCUT2D eigenvalue weighted by Crippen LogP contribution is 2.31. The van der Waals surface area contributed by atoms with Gasteiger partial charge in [-0.1, -0.05) is 25.1 Å². The van der Waals surface area contributed by atoms with Crippen molar-refractivity contribution < 1.29 is 13.5 Å². The number of alkyl halides is 2. The molecule has 3 nitrogen and oxygen atoms in total. The standard InChI is InChI=1S/C15H22F2N2O/c1-3-19-7-8-20-13(10-18-2)14(19)11-5-4-6-12(9-11)15(16)17/h4-6,9,13-15,18H,3,7-8,10H2,1-2H3. The summed E-state index contributed by atoms with van der Waals surface area (Å²) >= 11 is 0. The van der Waals surface area contributed by atoms with Crippen molar-refractivity contribution in [1.82, 2.24) is 10.2 Å². The topological polar surface area (TPSA) is 24.5 Å². The smallest absolute Gasteiger partial charge is 0.263 e. The van der Waals surface area contributed by atoms with Crippen LogP contribution in [0.5, 0.6) is 0 Å². The van der Waals surface area contributed by atoms with E-state index in [1.54, 1.807) is 12.1 Å². The second kappa shape index (κ2) is 7.11. The lowest BCUT2D eigenvalue weighted by Gasteiger charge is -2.41. The zero-order valence-corrected chi connectivity index (χ0v) is 12.0. The Bertz CT molecular complexity index is 426. The Hall–Kier alpha value is -1.04. The molecule has 0 saturated carbocycles. The fraction of sp³-hybridized carbons (Fsp3) is 0.600. The SMILES string of the molecule is CCN1CCOC(CNC)C1c1cccc(C(F)F)c1. The number of nitrogens with zero attached hydrogens (tertiary/aromatic N) is 1. The lowest BCUT2D eigenvalue weighted by molar-refractivity contribution is -0.0687. The van der Waals surface area contributed by atoms with Gasteiger partial charge < -0.3 is 10.1 Å². The highest BCUT2D eigenvalue weighted by Gasteiger charge is 2.32. The molecule has 5 heteroatoms. The average molecular weight is 284 g/mol. The number of ether oxygens (including phenoxy) is 1. The van der Waals surface area contributed by atoms with Gasteiger partial charge in [0.05, 0.1) is 18.8 Å². The van der Waals surface area contributed by atoms with Crippen molar-refractivity contribution >= 4 is 0 Å². The highest BCUT2D eigenvalue weighted by molar-refractivity contribution is 5.28. The van der Waals surface area contributed by atoms with E-state index in [9.17, 15) is 8.78 Å². The van der Waals surface area contributed by atoms with E-state index < -0.39 is 6.43 Å². The first-order chi connectivity index (χ1) is 9.67. The van der Waals surface area contributed by atoms with Gasteiger partial charge in [-0.15, -0.1) is 0 Å². The van der Waals surface area contributed by atoms with Crippen LogP contribution in [-0.2, 0) is 4.74 Å². The van der Waals surface area contributed by atoms with E-state index in [0.29, 0.717) is 13.2 Å². The van der Waals surface area contributed by atoms with E-state index in [1.807, 2.05) is 13.1 Å². The molecular formula is C15H22F2N2O. The molecule has 1 aliphatic heterocycles. The van der Waals surface area contributed by atoms with Crippen LogP contribution in [0.25, 0.3) is 0 Å². The fourth-order valence-corrected chi connectivity index (χ4v) is 2.82. The predicted octanol–water partition coefficient (Wildman–Crippen LogP) is 2.61. The van der Waals surface area contributed by atoms with E-state index in [2.05, 4.69) is 17.1 Å². The van der Waals surface area contributed by atoms with Crippen molar-refractivity contribution in [1.29, 1.82) is 0 Å². The van der Waals surface area contributed by atoms with Gasteiger partial charge in [-0.2, -0.15) is 0 Å². The summed E-state index contributed by atoms with van der Waals surface area (Å²) in [5, 5.41) is 3.12. The van der Waals surface area contributed by atoms with Crippen LogP contribution in [0.1, 0.15) is 30.5 Å². The van der Waals surface area contributed by atoms with Crippen molar-refractivity contribution in [3.63, 3.8) is 0 Å². The second-order valence-electron chi connectivity index (χ2n) is 5.01. The lowest BCUT2D eigenvalue weighted by atomic mass is 9.96. The Morgan fingerprint density at radius 1 is 1.45 bits per heavy atom. The summed E-state index contributed by atoms with van der Waals surface area (Å²) < 4.78 is 31.6. The Morgan fingerprint density at radius 2 is 2.25 bits per heavy atom. The monoisotopic (exact) mass is 284 g/mol. The summed E-state index contributed by atoms with van der Waals surface area (Å²) in [7, 11) is 1.88. The molecule has 0 aliphatic carbocycles. The van der Waals surface area contributed by atoms with Crippen LogP contribution >= 0.6 is 0 Å². The van der Waals surface area contributed by atoms with E-state index in [0.717, 1.165) is 18.7 Å². The molecule has 2 atom stereocenters. The molecular weight excluding hydrogens is 262 g/mol. The molecule has 1 aliphatic rings. The largest absolute Gasteiger partial charge is 0.374 e. The molecule has 0 amide bonds. The maximum Gasteiger partial charge on any atom is 0.263 e. The summed E-state index contributed by atoms with van der Waals surface area (Å²) in [5.74, 6) is 0. The molecule has 0 spiro atoms. The molecule has 20 heavy (non-hydrogen) atoms. The van der Waals surface area contributed by atoms with Gasteiger partial charge in [-0.3, -0.25) is 4.90 Å². The first-order valence-electron chi connectivity index (χ1n) is 7.05. The number of benzene rings is 1. The molecule has 1 heterocycles. The van der Waals surface area contributed by atoms with Crippen LogP contribution in [0.3, 0.4) is 0 Å². The summed E-state index contributed by atoms with van der Waals surface area (Å²) in [6, 6.07) is 6.72. The summed E-state index contributed by atoms with van der Waals surface area (Å²) in [6.45, 7) is 5.20. The van der Waals surface area contributed by atoms with Crippen LogP contribution < -0.4 is 5.32 Å². The normalized spacial score (nSPS) is 24.2. The quantitative estimate of drug-likeness (QED) is 0.899. The van der Waals surface area contributed by atoms with Crippen molar-refractivity contribution in [2.75, 3.05) is 33.3 Å². The maximum absolute atomic E-state index is 12.9. The van der Waals surface area contributed by atoms with Crippen LogP contribution in [-0.4, -0.2) is 44.3 Å². The lowest BCUT2D eigenvalue weighted by Crippen LogP contribution is -2.48. The summed E-state index contributed by atoms with van der Waals surface area (Å²) in [5.41, 5.74) is 0.983. The second-order valence-corrected chi connectivity index (χ2v) is 5.01. The zero-order valence-electron chi connectivity index (χ0n) is 12.0. The van der Waals surface area contributed by atoms with Crippen LogP contribution in [0.15, 0.2) is 24.3 Å². The van der Waals surface area contributed by atoms with Crippen molar-refractivity contribution in [3.8, 4) is 0 Å². The summed E-state index contributed by atoms with van der Waals surface area (Å²) in [6.07, 6.45) is -2.45. The van der Waals surface area contributed by atoms with E-state index in [-0.39, 0.29) is 17.7 Å². The number of hydrogen-bond donors (Lipinski definition) is 1. The van der Waals surface area contributed by atoms with Crippen LogP contribution in [0.2, 0.25) is 0 Å². The van der Waals surface area contributed by atoms with Gasteiger partial charge >= 0.3 is 0 Å². The first kappa shape index (κ1) is 15.4. The molecule has 112 valence electrons. The van der Waals surface area contributed by atoms with Crippen molar-refractivity contribution in [2.45, 2.75) is 25.5 Å². The highest BCUT2D eigenvalue weighted by atomic mass is 19.3. The van der Waals surface area contributed by atoms with Gasteiger partial charge in [-0.05, 0) is 25.2 Å². The number of likely N-dealkylation sites (N-methyl/N-ethyl adjacent to an activating group) is 2. The zero-order chi connectivity index (χ0) is 14.5. The molecule has 0 aromatic heterocycles.